The van der Waals surface area contributed by atoms with Crippen LogP contribution in [0, 0.1) is 11.6 Å². The normalized spacial score (nSPS) is 12.3. The molecule has 0 heterocycles. The van der Waals surface area contributed by atoms with E-state index in [4.69, 9.17) is 11.6 Å². The van der Waals surface area contributed by atoms with E-state index in [0.717, 1.165) is 12.1 Å². The molecule has 1 amide bonds. The number of carbonyl (C=O) groups excluding carboxylic acids is 1. The van der Waals surface area contributed by atoms with Crippen molar-refractivity contribution in [3.8, 4) is 0 Å². The van der Waals surface area contributed by atoms with Gasteiger partial charge in [0.25, 0.3) is 5.91 Å². The van der Waals surface area contributed by atoms with Crippen LogP contribution < -0.4 is 10.6 Å². The fourth-order valence-electron chi connectivity index (χ4n) is 1.14. The zero-order chi connectivity index (χ0) is 13.0. The van der Waals surface area contributed by atoms with Crippen LogP contribution in [0.4, 0.5) is 8.78 Å². The first-order valence-corrected chi connectivity index (χ1v) is 5.43. The molecule has 1 rings (SSSR count). The first kappa shape index (κ1) is 13.9. The molecular weight excluding hydrogens is 250 g/mol. The van der Waals surface area contributed by atoms with E-state index in [-0.39, 0.29) is 16.6 Å². The van der Waals surface area contributed by atoms with Gasteiger partial charge in [-0.25, -0.2) is 8.78 Å². The molecule has 0 aliphatic heterocycles. The summed E-state index contributed by atoms with van der Waals surface area (Å²) < 4.78 is 25.7. The van der Waals surface area contributed by atoms with Crippen LogP contribution in [0.5, 0.6) is 0 Å². The zero-order valence-electron chi connectivity index (χ0n) is 9.48. The van der Waals surface area contributed by atoms with Crippen LogP contribution >= 0.6 is 11.6 Å². The first-order chi connectivity index (χ1) is 7.95. The van der Waals surface area contributed by atoms with Gasteiger partial charge < -0.3 is 10.6 Å². The smallest absolute Gasteiger partial charge is 0.252 e. The minimum atomic E-state index is -1.10. The maximum atomic E-state index is 13.0. The van der Waals surface area contributed by atoms with Crippen molar-refractivity contribution >= 4 is 17.5 Å². The van der Waals surface area contributed by atoms with Crippen molar-refractivity contribution in [1.82, 2.24) is 10.6 Å². The Balaban J connectivity index is 2.79. The maximum absolute atomic E-state index is 13.0. The molecule has 6 heteroatoms. The predicted molar refractivity (Wildman–Crippen MR) is 62.2 cm³/mol. The SMILES string of the molecule is CNC(C)CNC(=O)c1cc(F)c(F)cc1Cl. The number of hydrogen-bond donors (Lipinski definition) is 2. The molecule has 0 aliphatic carbocycles. The third-order valence-corrected chi connectivity index (χ3v) is 2.63. The Bertz CT molecular complexity index is 426. The Morgan fingerprint density at radius 2 is 2.00 bits per heavy atom. The van der Waals surface area contributed by atoms with E-state index in [2.05, 4.69) is 10.6 Å². The van der Waals surface area contributed by atoms with Gasteiger partial charge in [0, 0.05) is 12.6 Å². The number of hydrogen-bond acceptors (Lipinski definition) is 2. The average molecular weight is 263 g/mol. The fourth-order valence-corrected chi connectivity index (χ4v) is 1.38. The first-order valence-electron chi connectivity index (χ1n) is 5.05. The standard InChI is InChI=1S/C11H13ClF2N2O/c1-6(15-2)5-16-11(17)7-3-9(13)10(14)4-8(7)12/h3-4,6,15H,5H2,1-2H3,(H,16,17). The third-order valence-electron chi connectivity index (χ3n) is 2.32. The summed E-state index contributed by atoms with van der Waals surface area (Å²) in [5, 5.41) is 5.37. The van der Waals surface area contributed by atoms with Gasteiger partial charge in [-0.2, -0.15) is 0 Å². The van der Waals surface area contributed by atoms with Crippen molar-refractivity contribution in [2.75, 3.05) is 13.6 Å². The fraction of sp³-hybridized carbons (Fsp3) is 0.364. The van der Waals surface area contributed by atoms with E-state index < -0.39 is 17.5 Å². The highest BCUT2D eigenvalue weighted by molar-refractivity contribution is 6.33. The van der Waals surface area contributed by atoms with Crippen molar-refractivity contribution in [1.29, 1.82) is 0 Å². The average Bonchev–Trinajstić information content (AvgIpc) is 2.30. The van der Waals surface area contributed by atoms with Gasteiger partial charge in [-0.3, -0.25) is 4.79 Å². The molecule has 1 aromatic rings. The van der Waals surface area contributed by atoms with Crippen LogP contribution in [0.15, 0.2) is 12.1 Å². The molecule has 3 nitrogen and oxygen atoms in total. The number of amides is 1. The number of carbonyl (C=O) groups is 1. The second kappa shape index (κ2) is 5.93. The maximum Gasteiger partial charge on any atom is 0.252 e. The molecule has 0 saturated heterocycles. The second-order valence-electron chi connectivity index (χ2n) is 3.65. The van der Waals surface area contributed by atoms with Crippen LogP contribution in [-0.2, 0) is 0 Å². The number of halogens is 3. The summed E-state index contributed by atoms with van der Waals surface area (Å²) >= 11 is 5.66. The highest BCUT2D eigenvalue weighted by Crippen LogP contribution is 2.19. The molecule has 2 N–H and O–H groups in total. The van der Waals surface area contributed by atoms with Crippen LogP contribution in [0.3, 0.4) is 0 Å². The number of nitrogens with one attached hydrogen (secondary N) is 2. The third kappa shape index (κ3) is 3.64. The predicted octanol–water partition coefficient (Wildman–Crippen LogP) is 1.96. The second-order valence-corrected chi connectivity index (χ2v) is 4.05. The van der Waals surface area contributed by atoms with Gasteiger partial charge in [0.1, 0.15) is 0 Å². The van der Waals surface area contributed by atoms with Crippen molar-refractivity contribution in [2.45, 2.75) is 13.0 Å². The Morgan fingerprint density at radius 1 is 1.41 bits per heavy atom. The summed E-state index contributed by atoms with van der Waals surface area (Å²) in [6, 6.07) is 1.65. The molecule has 0 spiro atoms. The van der Waals surface area contributed by atoms with Crippen molar-refractivity contribution in [3.05, 3.63) is 34.4 Å². The highest BCUT2D eigenvalue weighted by Gasteiger charge is 2.15. The molecule has 0 radical (unpaired) electrons. The van der Waals surface area contributed by atoms with Crippen LogP contribution in [0.2, 0.25) is 5.02 Å². The lowest BCUT2D eigenvalue weighted by Crippen LogP contribution is -2.37. The number of rotatable bonds is 4. The van der Waals surface area contributed by atoms with E-state index in [1.165, 1.54) is 0 Å². The van der Waals surface area contributed by atoms with E-state index in [9.17, 15) is 13.6 Å². The summed E-state index contributed by atoms with van der Waals surface area (Å²) in [5.41, 5.74) is -0.0751. The van der Waals surface area contributed by atoms with Crippen LogP contribution in [0.1, 0.15) is 17.3 Å². The van der Waals surface area contributed by atoms with Gasteiger partial charge >= 0.3 is 0 Å². The van der Waals surface area contributed by atoms with Gasteiger partial charge in [-0.05, 0) is 26.1 Å². The molecule has 17 heavy (non-hydrogen) atoms. The van der Waals surface area contributed by atoms with Gasteiger partial charge in [0.15, 0.2) is 11.6 Å². The summed E-state index contributed by atoms with van der Waals surface area (Å²) in [4.78, 5) is 11.6. The molecule has 0 saturated carbocycles. The lowest BCUT2D eigenvalue weighted by Gasteiger charge is -2.12. The van der Waals surface area contributed by atoms with E-state index >= 15 is 0 Å². The largest absolute Gasteiger partial charge is 0.350 e. The van der Waals surface area contributed by atoms with Gasteiger partial charge in [-0.15, -0.1) is 0 Å². The monoisotopic (exact) mass is 262 g/mol. The van der Waals surface area contributed by atoms with E-state index in [1.807, 2.05) is 6.92 Å². The van der Waals surface area contributed by atoms with Gasteiger partial charge in [0.05, 0.1) is 10.6 Å². The Morgan fingerprint density at radius 3 is 2.59 bits per heavy atom. The minimum Gasteiger partial charge on any atom is -0.350 e. The lowest BCUT2D eigenvalue weighted by atomic mass is 10.2. The molecule has 1 aromatic carbocycles. The zero-order valence-corrected chi connectivity index (χ0v) is 10.2. The molecule has 0 aliphatic rings. The van der Waals surface area contributed by atoms with Gasteiger partial charge in [-0.1, -0.05) is 11.6 Å². The molecule has 0 aromatic heterocycles. The minimum absolute atomic E-state index is 0.0722. The highest BCUT2D eigenvalue weighted by atomic mass is 35.5. The van der Waals surface area contributed by atoms with Crippen LogP contribution in [-0.4, -0.2) is 25.5 Å². The van der Waals surface area contributed by atoms with Gasteiger partial charge in [0.2, 0.25) is 0 Å². The Labute approximate surface area is 103 Å². The Hall–Kier alpha value is -1.20. The lowest BCUT2D eigenvalue weighted by molar-refractivity contribution is 0.0950. The van der Waals surface area contributed by atoms with Crippen LogP contribution in [0.25, 0.3) is 0 Å². The summed E-state index contributed by atoms with van der Waals surface area (Å²) in [7, 11) is 1.75. The Kier molecular flexibility index (Phi) is 4.84. The molecule has 94 valence electrons. The molecular formula is C11H13ClF2N2O. The van der Waals surface area contributed by atoms with Crippen molar-refractivity contribution in [2.24, 2.45) is 0 Å². The molecule has 0 fully saturated rings. The number of benzene rings is 1. The van der Waals surface area contributed by atoms with E-state index in [1.54, 1.807) is 7.05 Å². The molecule has 1 unspecified atom stereocenters. The summed E-state index contributed by atoms with van der Waals surface area (Å²) in [5.74, 6) is -2.70. The summed E-state index contributed by atoms with van der Waals surface area (Å²) in [6.45, 7) is 2.23. The summed E-state index contributed by atoms with van der Waals surface area (Å²) in [6.07, 6.45) is 0. The quantitative estimate of drug-likeness (QED) is 0.815. The van der Waals surface area contributed by atoms with Crippen molar-refractivity contribution in [3.63, 3.8) is 0 Å². The van der Waals surface area contributed by atoms with E-state index in [0.29, 0.717) is 6.54 Å². The number of likely N-dealkylation sites (N-methyl/N-ethyl adjacent to an activating group) is 1. The molecule has 1 atom stereocenters. The topological polar surface area (TPSA) is 41.1 Å². The van der Waals surface area contributed by atoms with Crippen molar-refractivity contribution < 1.29 is 13.6 Å². The molecule has 0 bridgehead atoms.